The molecule has 4 saturated heterocycles. The number of nitrogens with zero attached hydrogens (tertiary/aromatic N) is 4. The first-order valence-electron chi connectivity index (χ1n) is 10.3. The highest BCUT2D eigenvalue weighted by molar-refractivity contribution is 5.76. The Hall–Kier alpha value is -0.810. The molecule has 0 saturated carbocycles. The summed E-state index contributed by atoms with van der Waals surface area (Å²) < 4.78 is 0. The normalized spacial score (nSPS) is 32.3. The second-order valence-electron chi connectivity index (χ2n) is 8.28. The first-order chi connectivity index (χ1) is 11.8. The van der Waals surface area contributed by atoms with Gasteiger partial charge in [-0.15, -0.1) is 0 Å². The van der Waals surface area contributed by atoms with Crippen molar-refractivity contribution in [1.29, 1.82) is 0 Å². The van der Waals surface area contributed by atoms with Crippen molar-refractivity contribution in [1.82, 2.24) is 19.6 Å². The third kappa shape index (κ3) is 3.57. The summed E-state index contributed by atoms with van der Waals surface area (Å²) in [6.45, 7) is 9.11. The highest BCUT2D eigenvalue weighted by atomic mass is 16.2. The van der Waals surface area contributed by atoms with Gasteiger partial charge < -0.3 is 19.6 Å². The van der Waals surface area contributed by atoms with Gasteiger partial charge in [0.1, 0.15) is 0 Å². The molecule has 0 radical (unpaired) electrons. The zero-order valence-corrected chi connectivity index (χ0v) is 15.2. The number of likely N-dealkylation sites (tertiary alicyclic amines) is 4. The minimum atomic E-state index is 0.346. The van der Waals surface area contributed by atoms with Crippen LogP contribution in [0.2, 0.25) is 0 Å². The summed E-state index contributed by atoms with van der Waals surface area (Å²) in [5, 5.41) is 0. The first-order valence-corrected chi connectivity index (χ1v) is 10.3. The Bertz CT molecular complexity index is 393. The van der Waals surface area contributed by atoms with Crippen LogP contribution in [-0.2, 0) is 0 Å². The van der Waals surface area contributed by atoms with Crippen molar-refractivity contribution in [2.24, 2.45) is 0 Å². The van der Waals surface area contributed by atoms with Gasteiger partial charge in [-0.2, -0.15) is 0 Å². The largest absolute Gasteiger partial charge is 0.320 e. The van der Waals surface area contributed by atoms with Crippen LogP contribution in [0.1, 0.15) is 51.4 Å². The Morgan fingerprint density at radius 3 is 1.46 bits per heavy atom. The maximum absolute atomic E-state index is 13.2. The molecule has 0 aromatic heterocycles. The average molecular weight is 335 g/mol. The number of amides is 2. The molecule has 2 atom stereocenters. The third-order valence-corrected chi connectivity index (χ3v) is 6.58. The summed E-state index contributed by atoms with van der Waals surface area (Å²) in [5.74, 6) is 0. The maximum Gasteiger partial charge on any atom is 0.320 e. The number of rotatable bonds is 4. The molecule has 0 aromatic carbocycles. The molecule has 0 spiro atoms. The van der Waals surface area contributed by atoms with Crippen molar-refractivity contribution in [3.8, 4) is 0 Å². The molecule has 4 rings (SSSR count). The quantitative estimate of drug-likeness (QED) is 0.790. The Morgan fingerprint density at radius 2 is 1.04 bits per heavy atom. The molecule has 0 aliphatic carbocycles. The Balaban J connectivity index is 1.35. The monoisotopic (exact) mass is 334 g/mol. The van der Waals surface area contributed by atoms with Crippen LogP contribution in [-0.4, -0.2) is 90.1 Å². The number of carbonyl (C=O) groups excluding carboxylic acids is 1. The van der Waals surface area contributed by atoms with Gasteiger partial charge in [0.05, 0.1) is 0 Å². The van der Waals surface area contributed by atoms with Crippen LogP contribution < -0.4 is 0 Å². The second kappa shape index (κ2) is 7.61. The average Bonchev–Trinajstić information content (AvgIpc) is 3.37. The van der Waals surface area contributed by atoms with Crippen molar-refractivity contribution in [2.75, 3.05) is 52.4 Å². The summed E-state index contributed by atoms with van der Waals surface area (Å²) in [4.78, 5) is 22.8. The summed E-state index contributed by atoms with van der Waals surface area (Å²) in [7, 11) is 0. The SMILES string of the molecule is O=C(N1CCC[C@H]1CN1CCCC1)N1CCC[C@H]1CN1CCCC1. The van der Waals surface area contributed by atoms with E-state index in [1.165, 1.54) is 77.5 Å². The molecule has 0 bridgehead atoms. The fourth-order valence-electron chi connectivity index (χ4n) is 5.25. The summed E-state index contributed by atoms with van der Waals surface area (Å²) in [6, 6.07) is 1.27. The van der Waals surface area contributed by atoms with Crippen molar-refractivity contribution < 1.29 is 4.79 Å². The standard InChI is InChI=1S/C19H34N4O/c24-19(22-13-5-7-17(22)15-20-9-1-2-10-20)23-14-6-8-18(23)16-21-11-3-4-12-21/h17-18H,1-16H2/t17-,18-/m0/s1. The van der Waals surface area contributed by atoms with Crippen LogP contribution in [0.3, 0.4) is 0 Å². The highest BCUT2D eigenvalue weighted by Crippen LogP contribution is 2.26. The second-order valence-corrected chi connectivity index (χ2v) is 8.28. The number of hydrogen-bond donors (Lipinski definition) is 0. The van der Waals surface area contributed by atoms with Crippen LogP contribution in [0.4, 0.5) is 4.79 Å². The number of urea groups is 1. The lowest BCUT2D eigenvalue weighted by Gasteiger charge is -2.35. The van der Waals surface area contributed by atoms with Gasteiger partial charge in [0.15, 0.2) is 0 Å². The van der Waals surface area contributed by atoms with E-state index in [1.54, 1.807) is 0 Å². The van der Waals surface area contributed by atoms with E-state index < -0.39 is 0 Å². The van der Waals surface area contributed by atoms with Crippen LogP contribution in [0.15, 0.2) is 0 Å². The minimum absolute atomic E-state index is 0.346. The van der Waals surface area contributed by atoms with Crippen molar-refractivity contribution in [2.45, 2.75) is 63.5 Å². The topological polar surface area (TPSA) is 30.0 Å². The molecule has 4 aliphatic heterocycles. The van der Waals surface area contributed by atoms with E-state index in [9.17, 15) is 4.79 Å². The van der Waals surface area contributed by atoms with Gasteiger partial charge in [0, 0.05) is 38.3 Å². The predicted octanol–water partition coefficient (Wildman–Crippen LogP) is 2.23. The number of carbonyl (C=O) groups is 1. The predicted molar refractivity (Wildman–Crippen MR) is 96.2 cm³/mol. The summed E-state index contributed by atoms with van der Waals surface area (Å²) >= 11 is 0. The molecule has 4 heterocycles. The van der Waals surface area contributed by atoms with E-state index in [2.05, 4.69) is 19.6 Å². The van der Waals surface area contributed by atoms with Crippen LogP contribution in [0.5, 0.6) is 0 Å². The molecule has 0 aromatic rings. The van der Waals surface area contributed by atoms with Crippen molar-refractivity contribution in [3.63, 3.8) is 0 Å². The van der Waals surface area contributed by atoms with Crippen LogP contribution in [0, 0.1) is 0 Å². The minimum Gasteiger partial charge on any atom is -0.320 e. The molecule has 4 aliphatic rings. The molecular weight excluding hydrogens is 300 g/mol. The molecule has 5 nitrogen and oxygen atoms in total. The Kier molecular flexibility index (Phi) is 5.28. The summed E-state index contributed by atoms with van der Waals surface area (Å²) in [5.41, 5.74) is 0. The van der Waals surface area contributed by atoms with Crippen molar-refractivity contribution in [3.05, 3.63) is 0 Å². The molecule has 24 heavy (non-hydrogen) atoms. The van der Waals surface area contributed by atoms with E-state index in [4.69, 9.17) is 0 Å². The van der Waals surface area contributed by atoms with Crippen LogP contribution in [0.25, 0.3) is 0 Å². The van der Waals surface area contributed by atoms with E-state index in [1.807, 2.05) is 0 Å². The lowest BCUT2D eigenvalue weighted by atomic mass is 10.2. The first kappa shape index (κ1) is 16.6. The Morgan fingerprint density at radius 1 is 0.625 bits per heavy atom. The van der Waals surface area contributed by atoms with Gasteiger partial charge in [-0.1, -0.05) is 0 Å². The van der Waals surface area contributed by atoms with Gasteiger partial charge in [-0.25, -0.2) is 4.79 Å². The van der Waals surface area contributed by atoms with Gasteiger partial charge in [-0.05, 0) is 77.5 Å². The Labute approximate surface area is 146 Å². The third-order valence-electron chi connectivity index (χ3n) is 6.58. The molecule has 4 fully saturated rings. The van der Waals surface area contributed by atoms with E-state index >= 15 is 0 Å². The zero-order chi connectivity index (χ0) is 16.4. The molecular formula is C19H34N4O. The maximum atomic E-state index is 13.2. The lowest BCUT2D eigenvalue weighted by Crippen LogP contribution is -2.52. The fraction of sp³-hybridized carbons (Fsp3) is 0.947. The van der Waals surface area contributed by atoms with Gasteiger partial charge in [-0.3, -0.25) is 0 Å². The van der Waals surface area contributed by atoms with E-state index in [0.717, 1.165) is 26.2 Å². The summed E-state index contributed by atoms with van der Waals surface area (Å²) in [6.07, 6.45) is 10.1. The molecule has 0 N–H and O–H groups in total. The highest BCUT2D eigenvalue weighted by Gasteiger charge is 2.38. The molecule has 2 amide bonds. The molecule has 5 heteroatoms. The number of hydrogen-bond acceptors (Lipinski definition) is 3. The van der Waals surface area contributed by atoms with Gasteiger partial charge >= 0.3 is 6.03 Å². The molecule has 0 unspecified atom stereocenters. The zero-order valence-electron chi connectivity index (χ0n) is 15.2. The van der Waals surface area contributed by atoms with E-state index in [0.29, 0.717) is 18.1 Å². The smallest absolute Gasteiger partial charge is 0.320 e. The van der Waals surface area contributed by atoms with Gasteiger partial charge in [0.25, 0.3) is 0 Å². The van der Waals surface area contributed by atoms with Gasteiger partial charge in [0.2, 0.25) is 0 Å². The van der Waals surface area contributed by atoms with Crippen LogP contribution >= 0.6 is 0 Å². The fourth-order valence-corrected chi connectivity index (χ4v) is 5.25. The lowest BCUT2D eigenvalue weighted by molar-refractivity contribution is 0.124. The van der Waals surface area contributed by atoms with Crippen molar-refractivity contribution >= 4 is 6.03 Å². The van der Waals surface area contributed by atoms with E-state index in [-0.39, 0.29) is 0 Å². The molecule has 136 valence electrons.